The SMILES string of the molecule is CCOc1cc2nc(CN3CCOCC3)cn2cc1CC(=O)c1cccc(C(F)F)n1. The average molecular weight is 430 g/mol. The number of Topliss-reactive ketones (excluding diaryl/α,β-unsaturated/α-hetero) is 1. The van der Waals surface area contributed by atoms with Gasteiger partial charge in [0, 0.05) is 50.1 Å². The van der Waals surface area contributed by atoms with Gasteiger partial charge in [-0.05, 0) is 19.1 Å². The van der Waals surface area contributed by atoms with Crippen LogP contribution in [0, 0.1) is 0 Å². The number of imidazole rings is 1. The Morgan fingerprint density at radius 2 is 2.03 bits per heavy atom. The smallest absolute Gasteiger partial charge is 0.280 e. The van der Waals surface area contributed by atoms with Crippen molar-refractivity contribution in [2.75, 3.05) is 32.9 Å². The van der Waals surface area contributed by atoms with Crippen LogP contribution in [0.5, 0.6) is 5.75 Å². The van der Waals surface area contributed by atoms with E-state index in [1.54, 1.807) is 6.07 Å². The summed E-state index contributed by atoms with van der Waals surface area (Å²) in [7, 11) is 0. The lowest BCUT2D eigenvalue weighted by molar-refractivity contribution is 0.0337. The molecule has 0 atom stereocenters. The molecule has 0 aliphatic carbocycles. The number of ether oxygens (including phenoxy) is 2. The second-order valence-corrected chi connectivity index (χ2v) is 7.33. The topological polar surface area (TPSA) is 69.0 Å². The van der Waals surface area contributed by atoms with Gasteiger partial charge in [-0.3, -0.25) is 9.69 Å². The molecule has 0 spiro atoms. The molecule has 3 aromatic heterocycles. The Kier molecular flexibility index (Phi) is 6.53. The Balaban J connectivity index is 1.58. The molecule has 1 aliphatic rings. The number of hydrogen-bond acceptors (Lipinski definition) is 6. The zero-order valence-electron chi connectivity index (χ0n) is 17.3. The van der Waals surface area contributed by atoms with Crippen molar-refractivity contribution in [1.82, 2.24) is 19.3 Å². The first kappa shape index (κ1) is 21.3. The molecule has 0 radical (unpaired) electrons. The van der Waals surface area contributed by atoms with Crippen molar-refractivity contribution >= 4 is 11.4 Å². The number of morpholine rings is 1. The molecule has 0 saturated carbocycles. The molecule has 164 valence electrons. The molecule has 7 nitrogen and oxygen atoms in total. The third-order valence-electron chi connectivity index (χ3n) is 5.10. The van der Waals surface area contributed by atoms with Crippen LogP contribution in [0.25, 0.3) is 5.65 Å². The van der Waals surface area contributed by atoms with Crippen LogP contribution >= 0.6 is 0 Å². The molecule has 0 unspecified atom stereocenters. The third kappa shape index (κ3) is 5.05. The fraction of sp³-hybridized carbons (Fsp3) is 0.409. The Labute approximate surface area is 178 Å². The van der Waals surface area contributed by atoms with E-state index in [2.05, 4.69) is 14.9 Å². The van der Waals surface area contributed by atoms with Crippen LogP contribution in [0.15, 0.2) is 36.7 Å². The number of aromatic nitrogens is 3. The van der Waals surface area contributed by atoms with Crippen LogP contribution < -0.4 is 4.74 Å². The van der Waals surface area contributed by atoms with Gasteiger partial charge < -0.3 is 13.9 Å². The fourth-order valence-corrected chi connectivity index (χ4v) is 3.59. The third-order valence-corrected chi connectivity index (χ3v) is 5.10. The summed E-state index contributed by atoms with van der Waals surface area (Å²) in [4.78, 5) is 23.5. The molecule has 1 fully saturated rings. The van der Waals surface area contributed by atoms with Crippen LogP contribution in [-0.4, -0.2) is 58.0 Å². The Morgan fingerprint density at radius 3 is 2.77 bits per heavy atom. The van der Waals surface area contributed by atoms with Crippen LogP contribution in [0.1, 0.15) is 40.8 Å². The zero-order chi connectivity index (χ0) is 21.8. The van der Waals surface area contributed by atoms with Gasteiger partial charge in [0.05, 0.1) is 25.5 Å². The maximum Gasteiger partial charge on any atom is 0.280 e. The standard InChI is InChI=1S/C22H24F2N4O3/c1-2-31-20-11-21-25-16(13-27-6-8-30-9-7-27)14-28(21)12-15(20)10-19(29)17-4-3-5-18(26-17)22(23)24/h3-5,11-12,14,22H,2,6-10,13H2,1H3. The van der Waals surface area contributed by atoms with E-state index in [0.29, 0.717) is 24.5 Å². The number of halogens is 2. The maximum atomic E-state index is 12.9. The van der Waals surface area contributed by atoms with Gasteiger partial charge in [0.2, 0.25) is 0 Å². The number of carbonyl (C=O) groups is 1. The second kappa shape index (κ2) is 9.49. The van der Waals surface area contributed by atoms with Crippen molar-refractivity contribution in [3.8, 4) is 5.75 Å². The van der Waals surface area contributed by atoms with Gasteiger partial charge in [-0.1, -0.05) is 6.07 Å². The van der Waals surface area contributed by atoms with Crippen molar-refractivity contribution < 1.29 is 23.0 Å². The Hall–Kier alpha value is -2.91. The van der Waals surface area contributed by atoms with E-state index in [-0.39, 0.29) is 17.9 Å². The molecular weight excluding hydrogens is 406 g/mol. The molecule has 31 heavy (non-hydrogen) atoms. The highest BCUT2D eigenvalue weighted by Gasteiger charge is 2.18. The highest BCUT2D eigenvalue weighted by molar-refractivity contribution is 5.96. The normalized spacial score (nSPS) is 15.0. The summed E-state index contributed by atoms with van der Waals surface area (Å²) in [5.41, 5.74) is 1.89. The predicted molar refractivity (Wildman–Crippen MR) is 110 cm³/mol. The monoisotopic (exact) mass is 430 g/mol. The lowest BCUT2D eigenvalue weighted by Gasteiger charge is -2.25. The summed E-state index contributed by atoms with van der Waals surface area (Å²) in [6.45, 7) is 6.17. The van der Waals surface area contributed by atoms with Crippen LogP contribution in [-0.2, 0) is 17.7 Å². The molecule has 4 heterocycles. The first-order valence-electron chi connectivity index (χ1n) is 10.2. The van der Waals surface area contributed by atoms with E-state index in [9.17, 15) is 13.6 Å². The lowest BCUT2D eigenvalue weighted by atomic mass is 10.1. The summed E-state index contributed by atoms with van der Waals surface area (Å²) in [6.07, 6.45) is 1.01. The molecule has 1 saturated heterocycles. The molecule has 3 aromatic rings. The van der Waals surface area contributed by atoms with Gasteiger partial charge >= 0.3 is 0 Å². The highest BCUT2D eigenvalue weighted by atomic mass is 19.3. The molecule has 1 aliphatic heterocycles. The van der Waals surface area contributed by atoms with E-state index in [0.717, 1.165) is 37.6 Å². The number of pyridine rings is 2. The number of nitrogens with zero attached hydrogens (tertiary/aromatic N) is 4. The molecule has 0 bridgehead atoms. The second-order valence-electron chi connectivity index (χ2n) is 7.33. The van der Waals surface area contributed by atoms with Crippen molar-refractivity contribution in [2.24, 2.45) is 0 Å². The summed E-state index contributed by atoms with van der Waals surface area (Å²) in [6, 6.07) is 5.88. The van der Waals surface area contributed by atoms with Gasteiger partial charge in [-0.25, -0.2) is 18.7 Å². The molecule has 0 N–H and O–H groups in total. The van der Waals surface area contributed by atoms with Crippen LogP contribution in [0.2, 0.25) is 0 Å². The van der Waals surface area contributed by atoms with Crippen molar-refractivity contribution in [1.29, 1.82) is 0 Å². The minimum Gasteiger partial charge on any atom is -0.493 e. The van der Waals surface area contributed by atoms with Crippen molar-refractivity contribution in [2.45, 2.75) is 26.3 Å². The Bertz CT molecular complexity index is 1060. The van der Waals surface area contributed by atoms with Crippen molar-refractivity contribution in [3.63, 3.8) is 0 Å². The molecule has 9 heteroatoms. The average Bonchev–Trinajstić information content (AvgIpc) is 3.15. The van der Waals surface area contributed by atoms with Gasteiger partial charge in [0.15, 0.2) is 5.78 Å². The summed E-state index contributed by atoms with van der Waals surface area (Å²) >= 11 is 0. The van der Waals surface area contributed by atoms with Gasteiger partial charge in [-0.2, -0.15) is 0 Å². The molecule has 0 aromatic carbocycles. The van der Waals surface area contributed by atoms with E-state index in [4.69, 9.17) is 9.47 Å². The summed E-state index contributed by atoms with van der Waals surface area (Å²) in [5.74, 6) is 0.202. The van der Waals surface area contributed by atoms with Crippen LogP contribution in [0.3, 0.4) is 0 Å². The largest absolute Gasteiger partial charge is 0.493 e. The summed E-state index contributed by atoms with van der Waals surface area (Å²) in [5, 5.41) is 0. The first-order chi connectivity index (χ1) is 15.0. The molecule has 0 amide bonds. The maximum absolute atomic E-state index is 12.9. The van der Waals surface area contributed by atoms with Gasteiger partial charge in [0.25, 0.3) is 6.43 Å². The lowest BCUT2D eigenvalue weighted by Crippen LogP contribution is -2.35. The predicted octanol–water partition coefficient (Wildman–Crippen LogP) is 3.32. The number of rotatable bonds is 8. The van der Waals surface area contributed by atoms with E-state index in [1.165, 1.54) is 18.2 Å². The molecule has 4 rings (SSSR count). The minimum atomic E-state index is -2.72. The van der Waals surface area contributed by atoms with Crippen LogP contribution in [0.4, 0.5) is 8.78 Å². The zero-order valence-corrected chi connectivity index (χ0v) is 17.3. The number of carbonyl (C=O) groups excluding carboxylic acids is 1. The first-order valence-corrected chi connectivity index (χ1v) is 10.2. The summed E-state index contributed by atoms with van der Waals surface area (Å²) < 4.78 is 38.8. The number of alkyl halides is 2. The van der Waals surface area contributed by atoms with E-state index < -0.39 is 12.1 Å². The fourth-order valence-electron chi connectivity index (χ4n) is 3.59. The van der Waals surface area contributed by atoms with Crippen molar-refractivity contribution in [3.05, 3.63) is 59.3 Å². The number of fused-ring (bicyclic) bond motifs is 1. The number of ketones is 1. The van der Waals surface area contributed by atoms with E-state index in [1.807, 2.05) is 23.7 Å². The van der Waals surface area contributed by atoms with Gasteiger partial charge in [-0.15, -0.1) is 0 Å². The molecular formula is C22H24F2N4O3. The number of hydrogen-bond donors (Lipinski definition) is 0. The highest BCUT2D eigenvalue weighted by Crippen LogP contribution is 2.24. The van der Waals surface area contributed by atoms with E-state index >= 15 is 0 Å². The minimum absolute atomic E-state index is 0.0120. The quantitative estimate of drug-likeness (QED) is 0.511. The van der Waals surface area contributed by atoms with Gasteiger partial charge in [0.1, 0.15) is 22.8 Å². The Morgan fingerprint density at radius 1 is 1.23 bits per heavy atom.